The van der Waals surface area contributed by atoms with E-state index in [-0.39, 0.29) is 11.3 Å². The lowest BCUT2D eigenvalue weighted by Gasteiger charge is -2.11. The summed E-state index contributed by atoms with van der Waals surface area (Å²) in [4.78, 5) is 3.91. The largest absolute Gasteiger partial charge is 0.264 e. The lowest BCUT2D eigenvalue weighted by molar-refractivity contribution is 0.516. The Hall–Kier alpha value is -2.02. The smallest absolute Gasteiger partial charge is 0.168 e. The molecule has 0 spiro atoms. The van der Waals surface area contributed by atoms with Crippen LogP contribution in [0, 0.1) is 23.0 Å². The summed E-state index contributed by atoms with van der Waals surface area (Å²) in [5.74, 6) is -2.14. The van der Waals surface area contributed by atoms with Crippen molar-refractivity contribution in [2.24, 2.45) is 0 Å². The number of nitrogens with zero attached hydrogens (tertiary/aromatic N) is 2. The van der Waals surface area contributed by atoms with E-state index in [4.69, 9.17) is 5.26 Å². The molecule has 4 heteroatoms. The molecule has 1 unspecified atom stereocenters. The molecule has 1 aromatic heterocycles. The van der Waals surface area contributed by atoms with E-state index < -0.39 is 11.6 Å². The fraction of sp³-hybridized carbons (Fsp3) is 0.286. The minimum Gasteiger partial charge on any atom is -0.264 e. The third kappa shape index (κ3) is 2.04. The van der Waals surface area contributed by atoms with E-state index in [1.165, 1.54) is 12.3 Å². The molecule has 1 atom stereocenters. The number of nitriles is 1. The van der Waals surface area contributed by atoms with E-state index in [0.29, 0.717) is 17.4 Å². The molecule has 2 rings (SSSR count). The summed E-state index contributed by atoms with van der Waals surface area (Å²) in [5, 5.41) is 9.84. The van der Waals surface area contributed by atoms with Gasteiger partial charge in [0.05, 0.1) is 12.0 Å². The molecule has 0 N–H and O–H groups in total. The van der Waals surface area contributed by atoms with Crippen LogP contribution in [-0.2, 0) is 0 Å². The molecule has 2 nitrogen and oxygen atoms in total. The van der Waals surface area contributed by atoms with Gasteiger partial charge in [-0.2, -0.15) is 5.26 Å². The topological polar surface area (TPSA) is 36.7 Å². The Balaban J connectivity index is 2.66. The quantitative estimate of drug-likeness (QED) is 0.823. The van der Waals surface area contributed by atoms with Gasteiger partial charge < -0.3 is 0 Å². The van der Waals surface area contributed by atoms with Crippen molar-refractivity contribution in [3.63, 3.8) is 0 Å². The van der Waals surface area contributed by atoms with Crippen LogP contribution in [0.3, 0.4) is 0 Å². The van der Waals surface area contributed by atoms with Gasteiger partial charge in [-0.25, -0.2) is 8.78 Å². The second kappa shape index (κ2) is 5.09. The Bertz CT molecular complexity index is 617. The Morgan fingerprint density at radius 1 is 1.28 bits per heavy atom. The summed E-state index contributed by atoms with van der Waals surface area (Å²) in [5.41, 5.74) is 0.663. The first-order valence-electron chi connectivity index (χ1n) is 5.80. The van der Waals surface area contributed by atoms with E-state index in [1.54, 1.807) is 6.20 Å². The fourth-order valence-electron chi connectivity index (χ4n) is 2.06. The van der Waals surface area contributed by atoms with Gasteiger partial charge in [-0.3, -0.25) is 4.98 Å². The highest BCUT2D eigenvalue weighted by Gasteiger charge is 2.16. The normalized spacial score (nSPS) is 12.3. The zero-order chi connectivity index (χ0) is 13.1. The highest BCUT2D eigenvalue weighted by atomic mass is 19.2. The number of hydrogen-bond donors (Lipinski definition) is 0. The number of benzene rings is 1. The van der Waals surface area contributed by atoms with Gasteiger partial charge in [0, 0.05) is 17.8 Å². The third-order valence-corrected chi connectivity index (χ3v) is 2.97. The minimum atomic E-state index is -0.907. The van der Waals surface area contributed by atoms with Gasteiger partial charge in [0.2, 0.25) is 0 Å². The molecule has 1 aromatic carbocycles. The molecule has 0 saturated carbocycles. The summed E-state index contributed by atoms with van der Waals surface area (Å²) >= 11 is 0. The molecule has 0 fully saturated rings. The van der Waals surface area contributed by atoms with Crippen LogP contribution in [0.5, 0.6) is 0 Å². The SMILES string of the molecule is CCCC(C#N)c1cncc2c(F)c(F)ccc12. The molecule has 0 amide bonds. The standard InChI is InChI=1S/C14H12F2N2/c1-2-3-9(6-17)11-7-18-8-12-10(11)4-5-13(15)14(12)16/h4-5,7-9H,2-3H2,1H3. The van der Waals surface area contributed by atoms with Gasteiger partial charge in [-0.15, -0.1) is 0 Å². The Kier molecular flexibility index (Phi) is 3.52. The van der Waals surface area contributed by atoms with Gasteiger partial charge in [-0.1, -0.05) is 19.4 Å². The molecule has 18 heavy (non-hydrogen) atoms. The molecule has 0 radical (unpaired) electrons. The number of aromatic nitrogens is 1. The lowest BCUT2D eigenvalue weighted by atomic mass is 9.93. The van der Waals surface area contributed by atoms with Crippen LogP contribution in [0.2, 0.25) is 0 Å². The van der Waals surface area contributed by atoms with Crippen molar-refractivity contribution in [2.45, 2.75) is 25.7 Å². The second-order valence-corrected chi connectivity index (χ2v) is 4.16. The molecule has 92 valence electrons. The fourth-order valence-corrected chi connectivity index (χ4v) is 2.06. The van der Waals surface area contributed by atoms with Gasteiger partial charge in [0.15, 0.2) is 11.6 Å². The van der Waals surface area contributed by atoms with E-state index in [0.717, 1.165) is 12.5 Å². The van der Waals surface area contributed by atoms with Gasteiger partial charge in [-0.05, 0) is 23.4 Å². The highest BCUT2D eigenvalue weighted by molar-refractivity contribution is 5.86. The van der Waals surface area contributed by atoms with E-state index in [2.05, 4.69) is 11.1 Å². The molecule has 0 aliphatic rings. The third-order valence-electron chi connectivity index (χ3n) is 2.97. The summed E-state index contributed by atoms with van der Waals surface area (Å²) in [6.07, 6.45) is 4.37. The number of halogens is 2. The molecule has 0 aliphatic carbocycles. The first kappa shape index (κ1) is 12.4. The molecule has 2 aromatic rings. The molecule has 0 saturated heterocycles. The predicted octanol–water partition coefficient (Wildman–Crippen LogP) is 3.92. The van der Waals surface area contributed by atoms with Gasteiger partial charge in [0.1, 0.15) is 0 Å². The maximum absolute atomic E-state index is 13.6. The van der Waals surface area contributed by atoms with Crippen molar-refractivity contribution >= 4 is 10.8 Å². The van der Waals surface area contributed by atoms with E-state index in [1.807, 2.05) is 6.92 Å². The monoisotopic (exact) mass is 246 g/mol. The molecular weight excluding hydrogens is 234 g/mol. The zero-order valence-electron chi connectivity index (χ0n) is 9.95. The van der Waals surface area contributed by atoms with Crippen LogP contribution in [0.15, 0.2) is 24.5 Å². The molecule has 0 bridgehead atoms. The van der Waals surface area contributed by atoms with Crippen LogP contribution in [0.4, 0.5) is 8.78 Å². The van der Waals surface area contributed by atoms with Crippen molar-refractivity contribution in [3.05, 3.63) is 41.7 Å². The van der Waals surface area contributed by atoms with Crippen LogP contribution >= 0.6 is 0 Å². The van der Waals surface area contributed by atoms with E-state index in [9.17, 15) is 8.78 Å². The summed E-state index contributed by atoms with van der Waals surface area (Å²) in [6, 6.07) is 4.78. The van der Waals surface area contributed by atoms with Gasteiger partial charge >= 0.3 is 0 Å². The average Bonchev–Trinajstić information content (AvgIpc) is 2.40. The first-order chi connectivity index (χ1) is 8.69. The van der Waals surface area contributed by atoms with Crippen LogP contribution < -0.4 is 0 Å². The van der Waals surface area contributed by atoms with Crippen molar-refractivity contribution < 1.29 is 8.78 Å². The Morgan fingerprint density at radius 2 is 2.06 bits per heavy atom. The first-order valence-corrected chi connectivity index (χ1v) is 5.80. The summed E-state index contributed by atoms with van der Waals surface area (Å²) in [6.45, 7) is 1.98. The van der Waals surface area contributed by atoms with Crippen LogP contribution in [-0.4, -0.2) is 4.98 Å². The van der Waals surface area contributed by atoms with Crippen molar-refractivity contribution in [3.8, 4) is 6.07 Å². The Labute approximate surface area is 104 Å². The van der Waals surface area contributed by atoms with Crippen LogP contribution in [0.1, 0.15) is 31.2 Å². The maximum Gasteiger partial charge on any atom is 0.168 e. The van der Waals surface area contributed by atoms with Gasteiger partial charge in [0.25, 0.3) is 0 Å². The number of fused-ring (bicyclic) bond motifs is 1. The molecular formula is C14H12F2N2. The maximum atomic E-state index is 13.6. The zero-order valence-corrected chi connectivity index (χ0v) is 9.95. The average molecular weight is 246 g/mol. The minimum absolute atomic E-state index is 0.129. The molecule has 1 heterocycles. The van der Waals surface area contributed by atoms with Crippen molar-refractivity contribution in [1.29, 1.82) is 5.26 Å². The lowest BCUT2D eigenvalue weighted by Crippen LogP contribution is -1.99. The molecule has 0 aliphatic heterocycles. The van der Waals surface area contributed by atoms with Crippen molar-refractivity contribution in [2.75, 3.05) is 0 Å². The Morgan fingerprint density at radius 3 is 2.72 bits per heavy atom. The van der Waals surface area contributed by atoms with E-state index >= 15 is 0 Å². The van der Waals surface area contributed by atoms with Crippen LogP contribution in [0.25, 0.3) is 10.8 Å². The second-order valence-electron chi connectivity index (χ2n) is 4.16. The highest BCUT2D eigenvalue weighted by Crippen LogP contribution is 2.29. The van der Waals surface area contributed by atoms with Crippen molar-refractivity contribution in [1.82, 2.24) is 4.98 Å². The summed E-state index contributed by atoms with van der Waals surface area (Å²) < 4.78 is 26.8. The number of pyridine rings is 1. The predicted molar refractivity (Wildman–Crippen MR) is 64.9 cm³/mol. The number of hydrogen-bond acceptors (Lipinski definition) is 2. The summed E-state index contributed by atoms with van der Waals surface area (Å²) in [7, 11) is 0. The number of rotatable bonds is 3.